The van der Waals surface area contributed by atoms with Gasteiger partial charge in [-0.3, -0.25) is 4.90 Å². The lowest BCUT2D eigenvalue weighted by atomic mass is 10.0. The van der Waals surface area contributed by atoms with Gasteiger partial charge in [-0.15, -0.1) is 24.8 Å². The maximum absolute atomic E-state index is 13.9. The molecule has 1 aromatic carbocycles. The molecule has 110 valence electrons. The molecule has 1 aliphatic rings. The summed E-state index contributed by atoms with van der Waals surface area (Å²) in [6, 6.07) is 2.18. The molecule has 0 aromatic heterocycles. The van der Waals surface area contributed by atoms with Gasteiger partial charge in [0.15, 0.2) is 0 Å². The van der Waals surface area contributed by atoms with Crippen LogP contribution < -0.4 is 5.32 Å². The maximum atomic E-state index is 13.9. The molecule has 0 radical (unpaired) electrons. The molecule has 1 saturated heterocycles. The fraction of sp³-hybridized carbons (Fsp3) is 0.500. The molecule has 1 aromatic rings. The summed E-state index contributed by atoms with van der Waals surface area (Å²) in [5, 5.41) is 3.18. The summed E-state index contributed by atoms with van der Waals surface area (Å²) in [7, 11) is 0. The third kappa shape index (κ3) is 4.17. The van der Waals surface area contributed by atoms with Crippen molar-refractivity contribution in [3.63, 3.8) is 0 Å². The summed E-state index contributed by atoms with van der Waals surface area (Å²) < 4.78 is 27.5. The Kier molecular flexibility index (Phi) is 8.17. The Labute approximate surface area is 129 Å². The van der Waals surface area contributed by atoms with Gasteiger partial charge in [-0.25, -0.2) is 8.78 Å². The summed E-state index contributed by atoms with van der Waals surface area (Å²) in [5.74, 6) is -1.17. The number of hydrogen-bond acceptors (Lipinski definition) is 2. The minimum Gasteiger partial charge on any atom is -0.314 e. The first kappa shape index (κ1) is 18.9. The summed E-state index contributed by atoms with van der Waals surface area (Å²) in [4.78, 5) is 2.05. The van der Waals surface area contributed by atoms with Gasteiger partial charge < -0.3 is 5.32 Å². The van der Waals surface area contributed by atoms with Crippen LogP contribution in [0.4, 0.5) is 8.78 Å². The molecule has 0 unspecified atom stereocenters. The van der Waals surface area contributed by atoms with E-state index in [0.29, 0.717) is 0 Å². The van der Waals surface area contributed by atoms with Gasteiger partial charge in [0.25, 0.3) is 0 Å². The van der Waals surface area contributed by atoms with E-state index in [0.717, 1.165) is 26.2 Å². The Bertz CT molecular complexity index is 412. The Hall–Kier alpha value is -0.130. The van der Waals surface area contributed by atoms with Gasteiger partial charge in [0.2, 0.25) is 0 Å². The van der Waals surface area contributed by atoms with Gasteiger partial charge in [0, 0.05) is 37.8 Å². The molecule has 1 N–H and O–H groups in total. The van der Waals surface area contributed by atoms with Crippen molar-refractivity contribution >= 4 is 36.4 Å². The third-order valence-corrected chi connectivity index (χ3v) is 3.49. The van der Waals surface area contributed by atoms with E-state index in [1.165, 1.54) is 12.1 Å². The quantitative estimate of drug-likeness (QED) is 0.834. The van der Waals surface area contributed by atoms with E-state index < -0.39 is 11.6 Å². The summed E-state index contributed by atoms with van der Waals surface area (Å²) in [6.45, 7) is 5.06. The average Bonchev–Trinajstić information content (AvgIpc) is 2.35. The number of nitrogens with zero attached hydrogens (tertiary/aromatic N) is 1. The Morgan fingerprint density at radius 3 is 2.37 bits per heavy atom. The molecule has 1 atom stereocenters. The Morgan fingerprint density at radius 1 is 1.21 bits per heavy atom. The van der Waals surface area contributed by atoms with E-state index in [2.05, 4.69) is 5.32 Å². The van der Waals surface area contributed by atoms with Crippen LogP contribution in [0.2, 0.25) is 5.02 Å². The van der Waals surface area contributed by atoms with Crippen molar-refractivity contribution in [1.82, 2.24) is 10.2 Å². The van der Waals surface area contributed by atoms with Crippen LogP contribution in [0.5, 0.6) is 0 Å². The van der Waals surface area contributed by atoms with Crippen LogP contribution in [0.25, 0.3) is 0 Å². The summed E-state index contributed by atoms with van der Waals surface area (Å²) in [5.41, 5.74) is 0.0689. The highest BCUT2D eigenvalue weighted by Crippen LogP contribution is 2.29. The lowest BCUT2D eigenvalue weighted by molar-refractivity contribution is 0.179. The zero-order valence-electron chi connectivity index (χ0n) is 10.5. The van der Waals surface area contributed by atoms with Gasteiger partial charge >= 0.3 is 0 Å². The normalized spacial score (nSPS) is 17.3. The van der Waals surface area contributed by atoms with Gasteiger partial charge in [-0.1, -0.05) is 11.6 Å². The molecule has 1 aliphatic heterocycles. The third-order valence-electron chi connectivity index (χ3n) is 3.20. The molecule has 1 fully saturated rings. The topological polar surface area (TPSA) is 15.3 Å². The molecular formula is C12H17Cl3F2N2. The predicted octanol–water partition coefficient (Wildman–Crippen LogP) is 3.43. The largest absolute Gasteiger partial charge is 0.314 e. The van der Waals surface area contributed by atoms with Crippen LogP contribution in [-0.4, -0.2) is 31.1 Å². The first-order chi connectivity index (χ1) is 8.11. The highest BCUT2D eigenvalue weighted by atomic mass is 35.5. The minimum absolute atomic E-state index is 0. The van der Waals surface area contributed by atoms with E-state index >= 15 is 0 Å². The molecular weight excluding hydrogens is 317 g/mol. The fourth-order valence-corrected chi connectivity index (χ4v) is 2.34. The molecule has 0 bridgehead atoms. The van der Waals surface area contributed by atoms with Crippen LogP contribution >= 0.6 is 36.4 Å². The van der Waals surface area contributed by atoms with Crippen molar-refractivity contribution < 1.29 is 8.78 Å². The summed E-state index contributed by atoms with van der Waals surface area (Å²) in [6.07, 6.45) is 0. The van der Waals surface area contributed by atoms with E-state index in [1.54, 1.807) is 0 Å². The number of benzene rings is 1. The van der Waals surface area contributed by atoms with Crippen LogP contribution in [0.15, 0.2) is 12.1 Å². The number of rotatable bonds is 2. The van der Waals surface area contributed by atoms with E-state index in [4.69, 9.17) is 11.6 Å². The number of piperazine rings is 1. The molecule has 19 heavy (non-hydrogen) atoms. The van der Waals surface area contributed by atoms with Gasteiger partial charge in [0.05, 0.1) is 5.02 Å². The lowest BCUT2D eigenvalue weighted by Crippen LogP contribution is -2.44. The second kappa shape index (κ2) is 8.22. The maximum Gasteiger partial charge on any atom is 0.149 e. The van der Waals surface area contributed by atoms with Crippen molar-refractivity contribution in [2.75, 3.05) is 26.2 Å². The predicted molar refractivity (Wildman–Crippen MR) is 78.7 cm³/mol. The van der Waals surface area contributed by atoms with E-state index in [1.807, 2.05) is 11.8 Å². The molecule has 0 amide bonds. The second-order valence-corrected chi connectivity index (χ2v) is 4.63. The van der Waals surface area contributed by atoms with Gasteiger partial charge in [0.1, 0.15) is 11.6 Å². The molecule has 0 aliphatic carbocycles. The van der Waals surface area contributed by atoms with Crippen molar-refractivity contribution in [3.8, 4) is 0 Å². The van der Waals surface area contributed by atoms with Crippen LogP contribution in [0.3, 0.4) is 0 Å². The molecule has 2 rings (SSSR count). The van der Waals surface area contributed by atoms with Crippen molar-refractivity contribution in [2.45, 2.75) is 13.0 Å². The van der Waals surface area contributed by atoms with Crippen molar-refractivity contribution in [3.05, 3.63) is 34.4 Å². The SMILES string of the molecule is C[C@@H](c1c(F)ccc(Cl)c1F)N1CCNCC1.Cl.Cl. The Balaban J connectivity index is 0.00000162. The fourth-order valence-electron chi connectivity index (χ4n) is 2.18. The molecule has 1 heterocycles. The minimum atomic E-state index is -0.641. The first-order valence-electron chi connectivity index (χ1n) is 5.69. The van der Waals surface area contributed by atoms with Gasteiger partial charge in [-0.2, -0.15) is 0 Å². The highest BCUT2D eigenvalue weighted by Gasteiger charge is 2.24. The van der Waals surface area contributed by atoms with Crippen LogP contribution in [-0.2, 0) is 0 Å². The first-order valence-corrected chi connectivity index (χ1v) is 6.07. The second-order valence-electron chi connectivity index (χ2n) is 4.22. The highest BCUT2D eigenvalue weighted by molar-refractivity contribution is 6.30. The molecule has 0 spiro atoms. The van der Waals surface area contributed by atoms with Crippen molar-refractivity contribution in [2.24, 2.45) is 0 Å². The number of hydrogen-bond donors (Lipinski definition) is 1. The molecule has 0 saturated carbocycles. The van der Waals surface area contributed by atoms with E-state index in [-0.39, 0.29) is 41.4 Å². The van der Waals surface area contributed by atoms with E-state index in [9.17, 15) is 8.78 Å². The van der Waals surface area contributed by atoms with Crippen LogP contribution in [0, 0.1) is 11.6 Å². The molecule has 7 heteroatoms. The van der Waals surface area contributed by atoms with Crippen molar-refractivity contribution in [1.29, 1.82) is 0 Å². The zero-order valence-corrected chi connectivity index (χ0v) is 12.8. The monoisotopic (exact) mass is 332 g/mol. The smallest absolute Gasteiger partial charge is 0.149 e. The zero-order chi connectivity index (χ0) is 12.4. The average molecular weight is 334 g/mol. The standard InChI is InChI=1S/C12H15ClF2N2.2ClH/c1-8(17-6-4-16-5-7-17)11-10(14)3-2-9(13)12(11)15;;/h2-3,8,16H,4-7H2,1H3;2*1H/t8-;;/m0../s1. The summed E-state index contributed by atoms with van der Waals surface area (Å²) >= 11 is 5.70. The molecule has 2 nitrogen and oxygen atoms in total. The lowest BCUT2D eigenvalue weighted by Gasteiger charge is -2.33. The Morgan fingerprint density at radius 2 is 1.79 bits per heavy atom. The van der Waals surface area contributed by atoms with Crippen LogP contribution in [0.1, 0.15) is 18.5 Å². The number of halogens is 5. The number of nitrogens with one attached hydrogen (secondary N) is 1. The van der Waals surface area contributed by atoms with Gasteiger partial charge in [-0.05, 0) is 19.1 Å².